The van der Waals surface area contributed by atoms with Gasteiger partial charge in [-0.3, -0.25) is 14.4 Å². The first-order valence-electron chi connectivity index (χ1n) is 6.40. The van der Waals surface area contributed by atoms with E-state index in [4.69, 9.17) is 15.9 Å². The van der Waals surface area contributed by atoms with E-state index in [-0.39, 0.29) is 19.5 Å². The van der Waals surface area contributed by atoms with Crippen molar-refractivity contribution in [1.29, 1.82) is 0 Å². The van der Waals surface area contributed by atoms with Gasteiger partial charge >= 0.3 is 11.9 Å². The summed E-state index contributed by atoms with van der Waals surface area (Å²) < 4.78 is 0. The largest absolute Gasteiger partial charge is 0.481 e. The zero-order valence-electron chi connectivity index (χ0n) is 11.7. The predicted molar refractivity (Wildman–Crippen MR) is 76.2 cm³/mol. The van der Waals surface area contributed by atoms with E-state index < -0.39 is 23.8 Å². The number of amides is 1. The molecule has 114 valence electrons. The zero-order chi connectivity index (χ0) is 16.0. The number of nitrogens with two attached hydrogens (primary N) is 1. The molecule has 1 atom stereocenters. The molecule has 7 heteroatoms. The maximum atomic E-state index is 11.0. The van der Waals surface area contributed by atoms with Crippen LogP contribution in [0.3, 0.4) is 0 Å². The molecule has 4 N–H and O–H groups in total. The van der Waals surface area contributed by atoms with Crippen molar-refractivity contribution in [2.24, 2.45) is 11.7 Å². The number of primary amides is 1. The molecule has 0 bridgehead atoms. The molecule has 0 radical (unpaired) electrons. The van der Waals surface area contributed by atoms with Crippen molar-refractivity contribution in [3.05, 3.63) is 29.8 Å². The predicted octanol–water partition coefficient (Wildman–Crippen LogP) is 0.787. The summed E-state index contributed by atoms with van der Waals surface area (Å²) in [5.41, 5.74) is 6.13. The average Bonchev–Trinajstić information content (AvgIpc) is 2.42. The van der Waals surface area contributed by atoms with Crippen molar-refractivity contribution in [1.82, 2.24) is 0 Å². The van der Waals surface area contributed by atoms with E-state index in [2.05, 4.69) is 0 Å². The SMILES string of the molecule is CC(CN(CCC(=O)O)c1ccc(C(N)=O)cc1)C(=O)O. The Morgan fingerprint density at radius 3 is 2.19 bits per heavy atom. The van der Waals surface area contributed by atoms with Crippen molar-refractivity contribution in [2.45, 2.75) is 13.3 Å². The van der Waals surface area contributed by atoms with Crippen LogP contribution in [-0.2, 0) is 9.59 Å². The smallest absolute Gasteiger partial charge is 0.308 e. The van der Waals surface area contributed by atoms with Crippen molar-refractivity contribution in [2.75, 3.05) is 18.0 Å². The molecular weight excluding hydrogens is 276 g/mol. The Balaban J connectivity index is 2.90. The number of carbonyl (C=O) groups excluding carboxylic acids is 1. The second-order valence-electron chi connectivity index (χ2n) is 4.74. The van der Waals surface area contributed by atoms with Crippen LogP contribution >= 0.6 is 0 Å². The molecule has 0 aliphatic heterocycles. The number of carboxylic acid groups (broad SMARTS) is 2. The first kappa shape index (κ1) is 16.5. The number of rotatable bonds is 8. The summed E-state index contributed by atoms with van der Waals surface area (Å²) in [5.74, 6) is -3.12. The van der Waals surface area contributed by atoms with Gasteiger partial charge in [-0.05, 0) is 24.3 Å². The molecule has 1 rings (SSSR count). The van der Waals surface area contributed by atoms with Gasteiger partial charge in [0.25, 0.3) is 0 Å². The second-order valence-corrected chi connectivity index (χ2v) is 4.74. The van der Waals surface area contributed by atoms with Gasteiger partial charge in [-0.15, -0.1) is 0 Å². The minimum Gasteiger partial charge on any atom is -0.481 e. The standard InChI is InChI=1S/C14H18N2O5/c1-9(14(20)21)8-16(7-6-12(17)18)11-4-2-10(3-5-11)13(15)19/h2-5,9H,6-8H2,1H3,(H2,15,19)(H,17,18)(H,20,21). The molecule has 0 aromatic heterocycles. The molecule has 0 fully saturated rings. The van der Waals surface area contributed by atoms with Crippen LogP contribution in [0.2, 0.25) is 0 Å². The highest BCUT2D eigenvalue weighted by molar-refractivity contribution is 5.93. The lowest BCUT2D eigenvalue weighted by molar-refractivity contribution is -0.140. The molecule has 1 aromatic carbocycles. The highest BCUT2D eigenvalue weighted by Gasteiger charge is 2.17. The van der Waals surface area contributed by atoms with E-state index in [0.29, 0.717) is 11.3 Å². The van der Waals surface area contributed by atoms with Gasteiger partial charge in [0.15, 0.2) is 0 Å². The zero-order valence-corrected chi connectivity index (χ0v) is 11.7. The fraction of sp³-hybridized carbons (Fsp3) is 0.357. The third-order valence-electron chi connectivity index (χ3n) is 3.03. The quantitative estimate of drug-likeness (QED) is 0.651. The van der Waals surface area contributed by atoms with E-state index in [9.17, 15) is 14.4 Å². The molecule has 0 aliphatic rings. The van der Waals surface area contributed by atoms with Crippen LogP contribution in [0.4, 0.5) is 5.69 Å². The van der Waals surface area contributed by atoms with Crippen LogP contribution in [0.25, 0.3) is 0 Å². The molecule has 1 amide bonds. The van der Waals surface area contributed by atoms with Gasteiger partial charge in [-0.2, -0.15) is 0 Å². The highest BCUT2D eigenvalue weighted by Crippen LogP contribution is 2.17. The summed E-state index contributed by atoms with van der Waals surface area (Å²) in [7, 11) is 0. The van der Waals surface area contributed by atoms with Gasteiger partial charge in [0.1, 0.15) is 0 Å². The van der Waals surface area contributed by atoms with Crippen LogP contribution < -0.4 is 10.6 Å². The minimum atomic E-state index is -0.961. The van der Waals surface area contributed by atoms with Crippen LogP contribution in [0.1, 0.15) is 23.7 Å². The van der Waals surface area contributed by atoms with Crippen molar-refractivity contribution in [3.8, 4) is 0 Å². The molecule has 0 saturated carbocycles. The topological polar surface area (TPSA) is 121 Å². The number of hydrogen-bond acceptors (Lipinski definition) is 4. The van der Waals surface area contributed by atoms with Gasteiger partial charge in [0.2, 0.25) is 5.91 Å². The molecule has 0 saturated heterocycles. The Kier molecular flexibility index (Phi) is 5.71. The Labute approximate surface area is 122 Å². The number of carbonyl (C=O) groups is 3. The first-order valence-corrected chi connectivity index (χ1v) is 6.40. The Bertz CT molecular complexity index is 527. The number of aliphatic carboxylic acids is 2. The van der Waals surface area contributed by atoms with Crippen molar-refractivity contribution >= 4 is 23.5 Å². The number of nitrogens with zero attached hydrogens (tertiary/aromatic N) is 1. The van der Waals surface area contributed by atoms with Crippen molar-refractivity contribution < 1.29 is 24.6 Å². The van der Waals surface area contributed by atoms with Crippen LogP contribution in [0.15, 0.2) is 24.3 Å². The Morgan fingerprint density at radius 1 is 1.19 bits per heavy atom. The summed E-state index contributed by atoms with van der Waals surface area (Å²) in [6.07, 6.45) is -0.107. The lowest BCUT2D eigenvalue weighted by Gasteiger charge is -2.26. The molecule has 0 aliphatic carbocycles. The lowest BCUT2D eigenvalue weighted by atomic mass is 10.1. The van der Waals surface area contributed by atoms with Crippen LogP contribution in [-0.4, -0.2) is 41.1 Å². The number of anilines is 1. The van der Waals surface area contributed by atoms with Gasteiger partial charge in [-0.1, -0.05) is 6.92 Å². The minimum absolute atomic E-state index is 0.107. The summed E-state index contributed by atoms with van der Waals surface area (Å²) in [5, 5.41) is 17.7. The van der Waals surface area contributed by atoms with E-state index in [1.165, 1.54) is 12.1 Å². The van der Waals surface area contributed by atoms with Crippen LogP contribution in [0, 0.1) is 5.92 Å². The monoisotopic (exact) mass is 294 g/mol. The van der Waals surface area contributed by atoms with Gasteiger partial charge in [0.05, 0.1) is 12.3 Å². The maximum absolute atomic E-state index is 11.0. The maximum Gasteiger partial charge on any atom is 0.308 e. The van der Waals surface area contributed by atoms with E-state index in [1.807, 2.05) is 0 Å². The van der Waals surface area contributed by atoms with E-state index >= 15 is 0 Å². The fourth-order valence-corrected chi connectivity index (χ4v) is 1.80. The molecule has 0 spiro atoms. The van der Waals surface area contributed by atoms with Gasteiger partial charge < -0.3 is 20.8 Å². The summed E-state index contributed by atoms with van der Waals surface area (Å²) >= 11 is 0. The molecule has 7 nitrogen and oxygen atoms in total. The third kappa shape index (κ3) is 5.13. The number of benzene rings is 1. The van der Waals surface area contributed by atoms with Gasteiger partial charge in [0, 0.05) is 24.3 Å². The normalized spacial score (nSPS) is 11.7. The molecule has 1 unspecified atom stereocenters. The average molecular weight is 294 g/mol. The summed E-state index contributed by atoms with van der Waals surface area (Å²) in [4.78, 5) is 34.3. The lowest BCUT2D eigenvalue weighted by Crippen LogP contribution is -2.33. The second kappa shape index (κ2) is 7.28. The highest BCUT2D eigenvalue weighted by atomic mass is 16.4. The molecule has 1 aromatic rings. The Morgan fingerprint density at radius 2 is 1.76 bits per heavy atom. The Hall–Kier alpha value is -2.57. The van der Waals surface area contributed by atoms with E-state index in [0.717, 1.165) is 0 Å². The fourth-order valence-electron chi connectivity index (χ4n) is 1.80. The summed E-state index contributed by atoms with van der Waals surface area (Å²) in [6.45, 7) is 1.91. The van der Waals surface area contributed by atoms with E-state index in [1.54, 1.807) is 24.0 Å². The van der Waals surface area contributed by atoms with Crippen LogP contribution in [0.5, 0.6) is 0 Å². The molecule has 0 heterocycles. The summed E-state index contributed by atoms with van der Waals surface area (Å²) in [6, 6.07) is 6.29. The van der Waals surface area contributed by atoms with Gasteiger partial charge in [-0.25, -0.2) is 0 Å². The molecular formula is C14H18N2O5. The first-order chi connectivity index (χ1) is 9.81. The molecule has 21 heavy (non-hydrogen) atoms. The number of carboxylic acids is 2. The third-order valence-corrected chi connectivity index (χ3v) is 3.03. The number of hydrogen-bond donors (Lipinski definition) is 3. The van der Waals surface area contributed by atoms with Crippen molar-refractivity contribution in [3.63, 3.8) is 0 Å².